The highest BCUT2D eigenvalue weighted by Gasteiger charge is 2.19. The smallest absolute Gasteiger partial charge is 0.191 e. The Hall–Kier alpha value is -2.28. The molecule has 0 atom stereocenters. The number of hydrogen-bond donors (Lipinski definition) is 1. The van der Waals surface area contributed by atoms with Crippen LogP contribution in [-0.4, -0.2) is 55.7 Å². The van der Waals surface area contributed by atoms with Crippen LogP contribution in [-0.2, 0) is 6.42 Å². The van der Waals surface area contributed by atoms with Crippen molar-refractivity contribution in [2.75, 3.05) is 44.7 Å². The third-order valence-electron chi connectivity index (χ3n) is 4.10. The van der Waals surface area contributed by atoms with E-state index in [-0.39, 0.29) is 0 Å². The van der Waals surface area contributed by atoms with Crippen LogP contribution in [0.5, 0.6) is 5.75 Å². The van der Waals surface area contributed by atoms with Crippen LogP contribution in [0.1, 0.15) is 5.56 Å². The second-order valence-electron chi connectivity index (χ2n) is 5.63. The van der Waals surface area contributed by atoms with Crippen molar-refractivity contribution in [2.45, 2.75) is 6.42 Å². The van der Waals surface area contributed by atoms with Gasteiger partial charge in [-0.1, -0.05) is 12.1 Å². The molecule has 2 aromatic rings. The molecule has 0 amide bonds. The lowest BCUT2D eigenvalue weighted by molar-refractivity contribution is 0.380. The van der Waals surface area contributed by atoms with Crippen LogP contribution in [0.3, 0.4) is 0 Å². The fourth-order valence-electron chi connectivity index (χ4n) is 2.73. The van der Waals surface area contributed by atoms with E-state index in [9.17, 15) is 0 Å². The van der Waals surface area contributed by atoms with Crippen molar-refractivity contribution < 1.29 is 4.74 Å². The molecular formula is C17H23N5OS. The fourth-order valence-corrected chi connectivity index (χ4v) is 3.42. The van der Waals surface area contributed by atoms with Crippen LogP contribution in [0.2, 0.25) is 0 Å². The lowest BCUT2D eigenvalue weighted by atomic mass is 10.1. The molecule has 1 aliphatic heterocycles. The summed E-state index contributed by atoms with van der Waals surface area (Å²) in [7, 11) is 1.68. The Morgan fingerprint density at radius 1 is 1.33 bits per heavy atom. The predicted molar refractivity (Wildman–Crippen MR) is 99.1 cm³/mol. The molecule has 24 heavy (non-hydrogen) atoms. The summed E-state index contributed by atoms with van der Waals surface area (Å²) in [5, 5.41) is 3.10. The first-order valence-electron chi connectivity index (χ1n) is 8.08. The third-order valence-corrected chi connectivity index (χ3v) is 4.93. The SMILES string of the molecule is COc1cccc(CCN=C(N)N2CCN(c3nccs3)CC2)c1. The topological polar surface area (TPSA) is 67.0 Å². The largest absolute Gasteiger partial charge is 0.497 e. The first-order chi connectivity index (χ1) is 11.8. The summed E-state index contributed by atoms with van der Waals surface area (Å²) in [5.74, 6) is 1.51. The highest BCUT2D eigenvalue weighted by Crippen LogP contribution is 2.18. The van der Waals surface area contributed by atoms with E-state index in [1.165, 1.54) is 5.56 Å². The summed E-state index contributed by atoms with van der Waals surface area (Å²) >= 11 is 1.68. The van der Waals surface area contributed by atoms with E-state index in [4.69, 9.17) is 10.5 Å². The van der Waals surface area contributed by atoms with E-state index >= 15 is 0 Å². The number of rotatable bonds is 5. The number of aromatic nitrogens is 1. The van der Waals surface area contributed by atoms with Gasteiger partial charge in [-0.15, -0.1) is 11.3 Å². The normalized spacial score (nSPS) is 15.6. The number of nitrogens with two attached hydrogens (primary N) is 1. The zero-order chi connectivity index (χ0) is 16.8. The maximum atomic E-state index is 6.15. The molecule has 7 heteroatoms. The fraction of sp³-hybridized carbons (Fsp3) is 0.412. The lowest BCUT2D eigenvalue weighted by Gasteiger charge is -2.35. The maximum Gasteiger partial charge on any atom is 0.191 e. The minimum atomic E-state index is 0.636. The van der Waals surface area contributed by atoms with Crippen LogP contribution >= 0.6 is 11.3 Å². The molecular weight excluding hydrogens is 322 g/mol. The number of ether oxygens (including phenoxy) is 1. The van der Waals surface area contributed by atoms with E-state index in [2.05, 4.69) is 25.8 Å². The first kappa shape index (κ1) is 16.6. The second kappa shape index (κ2) is 8.01. The number of piperazine rings is 1. The van der Waals surface area contributed by atoms with E-state index in [1.54, 1.807) is 18.4 Å². The van der Waals surface area contributed by atoms with Crippen LogP contribution in [0.4, 0.5) is 5.13 Å². The number of guanidine groups is 1. The van der Waals surface area contributed by atoms with Gasteiger partial charge < -0.3 is 20.3 Å². The Bertz CT molecular complexity index is 665. The van der Waals surface area contributed by atoms with Crippen molar-refractivity contribution in [3.8, 4) is 5.75 Å². The van der Waals surface area contributed by atoms with Crippen molar-refractivity contribution in [3.63, 3.8) is 0 Å². The van der Waals surface area contributed by atoms with Gasteiger partial charge >= 0.3 is 0 Å². The number of anilines is 1. The Balaban J connectivity index is 1.48. The molecule has 6 nitrogen and oxygen atoms in total. The minimum absolute atomic E-state index is 0.636. The van der Waals surface area contributed by atoms with Crippen molar-refractivity contribution in [1.29, 1.82) is 0 Å². The zero-order valence-electron chi connectivity index (χ0n) is 13.9. The molecule has 0 aliphatic carbocycles. The Kier molecular flexibility index (Phi) is 5.53. The molecule has 0 saturated carbocycles. The molecule has 2 heterocycles. The summed E-state index contributed by atoms with van der Waals surface area (Å²) < 4.78 is 5.24. The van der Waals surface area contributed by atoms with Gasteiger partial charge in [0.2, 0.25) is 0 Å². The van der Waals surface area contributed by atoms with Gasteiger partial charge in [0.25, 0.3) is 0 Å². The number of nitrogens with zero attached hydrogens (tertiary/aromatic N) is 4. The highest BCUT2D eigenvalue weighted by atomic mass is 32.1. The van der Waals surface area contributed by atoms with Crippen LogP contribution in [0.25, 0.3) is 0 Å². The maximum absolute atomic E-state index is 6.15. The number of methoxy groups -OCH3 is 1. The van der Waals surface area contributed by atoms with Gasteiger partial charge in [-0.05, 0) is 24.1 Å². The van der Waals surface area contributed by atoms with Gasteiger partial charge in [0.05, 0.1) is 7.11 Å². The Labute approximate surface area is 146 Å². The molecule has 3 rings (SSSR count). The molecule has 1 fully saturated rings. The number of hydrogen-bond acceptors (Lipinski definition) is 5. The average molecular weight is 345 g/mol. The summed E-state index contributed by atoms with van der Waals surface area (Å²) in [4.78, 5) is 13.3. The van der Waals surface area contributed by atoms with Gasteiger partial charge in [-0.2, -0.15) is 0 Å². The summed E-state index contributed by atoms with van der Waals surface area (Å²) in [6.07, 6.45) is 2.71. The molecule has 0 radical (unpaired) electrons. The van der Waals surface area contributed by atoms with E-state index in [0.717, 1.165) is 43.5 Å². The highest BCUT2D eigenvalue weighted by molar-refractivity contribution is 7.13. The molecule has 2 N–H and O–H groups in total. The van der Waals surface area contributed by atoms with Crippen molar-refractivity contribution in [3.05, 3.63) is 41.4 Å². The van der Waals surface area contributed by atoms with E-state index in [0.29, 0.717) is 12.5 Å². The van der Waals surface area contributed by atoms with Gasteiger partial charge in [-0.3, -0.25) is 4.99 Å². The molecule has 0 unspecified atom stereocenters. The number of thiazole rings is 1. The van der Waals surface area contributed by atoms with Gasteiger partial charge in [0, 0.05) is 44.3 Å². The van der Waals surface area contributed by atoms with Crippen molar-refractivity contribution in [2.24, 2.45) is 10.7 Å². The van der Waals surface area contributed by atoms with Crippen LogP contribution in [0, 0.1) is 0 Å². The molecule has 0 spiro atoms. The monoisotopic (exact) mass is 345 g/mol. The van der Waals surface area contributed by atoms with Gasteiger partial charge in [-0.25, -0.2) is 4.98 Å². The predicted octanol–water partition coefficient (Wildman–Crippen LogP) is 1.83. The molecule has 128 valence electrons. The minimum Gasteiger partial charge on any atom is -0.497 e. The molecule has 1 saturated heterocycles. The number of benzene rings is 1. The number of aliphatic imine (C=N–C) groups is 1. The summed E-state index contributed by atoms with van der Waals surface area (Å²) in [6, 6.07) is 8.07. The molecule has 1 aromatic heterocycles. The molecule has 1 aromatic carbocycles. The first-order valence-corrected chi connectivity index (χ1v) is 8.96. The summed E-state index contributed by atoms with van der Waals surface area (Å²) in [6.45, 7) is 4.31. The van der Waals surface area contributed by atoms with E-state index < -0.39 is 0 Å². The summed E-state index contributed by atoms with van der Waals surface area (Å²) in [5.41, 5.74) is 7.36. The zero-order valence-corrected chi connectivity index (χ0v) is 14.7. The van der Waals surface area contributed by atoms with Crippen LogP contribution in [0.15, 0.2) is 40.8 Å². The quantitative estimate of drug-likeness (QED) is 0.661. The van der Waals surface area contributed by atoms with E-state index in [1.807, 2.05) is 29.8 Å². The molecule has 0 bridgehead atoms. The van der Waals surface area contributed by atoms with Gasteiger partial charge in [0.1, 0.15) is 5.75 Å². The van der Waals surface area contributed by atoms with Gasteiger partial charge in [0.15, 0.2) is 11.1 Å². The lowest BCUT2D eigenvalue weighted by Crippen LogP contribution is -2.51. The standard InChI is InChI=1S/C17H23N5OS/c1-23-15-4-2-3-14(13-15)5-6-19-16(18)21-8-10-22(11-9-21)17-20-7-12-24-17/h2-4,7,12-13H,5-6,8-11H2,1H3,(H2,18,19). The van der Waals surface area contributed by atoms with Crippen molar-refractivity contribution in [1.82, 2.24) is 9.88 Å². The van der Waals surface area contributed by atoms with Crippen molar-refractivity contribution >= 4 is 22.4 Å². The van der Waals surface area contributed by atoms with Crippen LogP contribution < -0.4 is 15.4 Å². The Morgan fingerprint density at radius 3 is 2.88 bits per heavy atom. The third kappa shape index (κ3) is 4.17. The molecule has 1 aliphatic rings. The Morgan fingerprint density at radius 2 is 2.17 bits per heavy atom. The average Bonchev–Trinajstić information content (AvgIpc) is 3.16. The second-order valence-corrected chi connectivity index (χ2v) is 6.50.